The van der Waals surface area contributed by atoms with Gasteiger partial charge in [0.2, 0.25) is 0 Å². The molecule has 0 aliphatic heterocycles. The van der Waals surface area contributed by atoms with Crippen LogP contribution in [-0.2, 0) is 4.79 Å². The van der Waals surface area contributed by atoms with E-state index in [1.807, 2.05) is 32.9 Å². The topological polar surface area (TPSA) is 58.6 Å². The smallest absolute Gasteiger partial charge is 0.325 e. The van der Waals surface area contributed by atoms with Crippen molar-refractivity contribution >= 4 is 5.97 Å². The number of aryl methyl sites for hydroxylation is 2. The molecule has 0 saturated heterocycles. The van der Waals surface area contributed by atoms with Crippen LogP contribution in [-0.4, -0.2) is 23.7 Å². The van der Waals surface area contributed by atoms with Crippen LogP contribution in [0.25, 0.3) is 0 Å². The highest BCUT2D eigenvalue weighted by Gasteiger charge is 2.30. The van der Waals surface area contributed by atoms with Crippen LogP contribution in [0.4, 0.5) is 0 Å². The molecule has 19 heavy (non-hydrogen) atoms. The molecule has 104 valence electrons. The van der Waals surface area contributed by atoms with Gasteiger partial charge in [-0.2, -0.15) is 0 Å². The van der Waals surface area contributed by atoms with Gasteiger partial charge in [-0.15, -0.1) is 0 Å². The van der Waals surface area contributed by atoms with E-state index in [0.717, 1.165) is 35.3 Å². The van der Waals surface area contributed by atoms with Crippen molar-refractivity contribution < 1.29 is 14.6 Å². The summed E-state index contributed by atoms with van der Waals surface area (Å²) in [5, 5.41) is 12.6. The Morgan fingerprint density at radius 2 is 2.11 bits per heavy atom. The molecule has 1 aliphatic rings. The molecule has 1 unspecified atom stereocenters. The lowest BCUT2D eigenvalue weighted by atomic mass is 9.98. The summed E-state index contributed by atoms with van der Waals surface area (Å²) in [6.45, 7) is 6.44. The summed E-state index contributed by atoms with van der Waals surface area (Å²) >= 11 is 0. The summed E-state index contributed by atoms with van der Waals surface area (Å²) < 4.78 is 5.54. The zero-order valence-corrected chi connectivity index (χ0v) is 11.7. The number of benzene rings is 1. The fraction of sp³-hybridized carbons (Fsp3) is 0.533. The van der Waals surface area contributed by atoms with Crippen molar-refractivity contribution in [2.75, 3.05) is 6.61 Å². The number of aliphatic carboxylic acids is 1. The van der Waals surface area contributed by atoms with Gasteiger partial charge in [0.05, 0.1) is 6.61 Å². The van der Waals surface area contributed by atoms with Crippen molar-refractivity contribution in [2.24, 2.45) is 0 Å². The minimum atomic E-state index is -0.821. The third kappa shape index (κ3) is 3.26. The van der Waals surface area contributed by atoms with Gasteiger partial charge in [0, 0.05) is 6.04 Å². The normalized spacial score (nSPS) is 16.2. The molecular formula is C15H21NO3. The highest BCUT2D eigenvalue weighted by molar-refractivity contribution is 5.76. The van der Waals surface area contributed by atoms with Gasteiger partial charge in [0.15, 0.2) is 0 Å². The number of hydrogen-bond acceptors (Lipinski definition) is 3. The summed E-state index contributed by atoms with van der Waals surface area (Å²) in [6, 6.07) is 3.59. The zero-order valence-electron chi connectivity index (χ0n) is 11.7. The predicted molar refractivity (Wildman–Crippen MR) is 73.6 cm³/mol. The Bertz CT molecular complexity index is 481. The maximum absolute atomic E-state index is 11.4. The van der Waals surface area contributed by atoms with Gasteiger partial charge in [0.25, 0.3) is 0 Å². The van der Waals surface area contributed by atoms with E-state index in [1.165, 1.54) is 0 Å². The monoisotopic (exact) mass is 263 g/mol. The Morgan fingerprint density at radius 1 is 1.42 bits per heavy atom. The summed E-state index contributed by atoms with van der Waals surface area (Å²) in [4.78, 5) is 11.4. The lowest BCUT2D eigenvalue weighted by Gasteiger charge is -2.19. The average molecular weight is 263 g/mol. The molecule has 1 aromatic carbocycles. The Balaban J connectivity index is 2.30. The second kappa shape index (κ2) is 5.61. The van der Waals surface area contributed by atoms with Gasteiger partial charge in [0.1, 0.15) is 11.8 Å². The predicted octanol–water partition coefficient (Wildman–Crippen LogP) is 2.58. The fourth-order valence-electron chi connectivity index (χ4n) is 2.21. The number of carbonyl (C=O) groups is 1. The van der Waals surface area contributed by atoms with Crippen molar-refractivity contribution in [1.29, 1.82) is 0 Å². The Hall–Kier alpha value is -1.55. The Morgan fingerprint density at radius 3 is 2.63 bits per heavy atom. The first-order valence-corrected chi connectivity index (χ1v) is 6.75. The standard InChI is InChI=1S/C15H21NO3/c1-4-19-13-8-9(2)12(7-10(13)3)14(15(17)18)16-11-5-6-11/h7-8,11,14,16H,4-6H2,1-3H3,(H,17,18). The zero-order chi connectivity index (χ0) is 14.0. The summed E-state index contributed by atoms with van der Waals surface area (Å²) in [5.41, 5.74) is 2.77. The van der Waals surface area contributed by atoms with Crippen LogP contribution in [0.3, 0.4) is 0 Å². The molecule has 1 aliphatic carbocycles. The maximum Gasteiger partial charge on any atom is 0.325 e. The highest BCUT2D eigenvalue weighted by Crippen LogP contribution is 2.30. The second-order valence-corrected chi connectivity index (χ2v) is 5.12. The average Bonchev–Trinajstić information content (AvgIpc) is 3.15. The lowest BCUT2D eigenvalue weighted by Crippen LogP contribution is -2.30. The van der Waals surface area contributed by atoms with Gasteiger partial charge in [-0.1, -0.05) is 0 Å². The molecule has 1 fully saturated rings. The van der Waals surface area contributed by atoms with E-state index in [9.17, 15) is 9.90 Å². The largest absolute Gasteiger partial charge is 0.494 e. The van der Waals surface area contributed by atoms with Crippen LogP contribution < -0.4 is 10.1 Å². The molecule has 0 amide bonds. The molecule has 2 rings (SSSR count). The fourth-order valence-corrected chi connectivity index (χ4v) is 2.21. The molecule has 0 aromatic heterocycles. The van der Waals surface area contributed by atoms with Crippen LogP contribution in [0, 0.1) is 13.8 Å². The van der Waals surface area contributed by atoms with Gasteiger partial charge in [-0.05, 0) is 62.4 Å². The maximum atomic E-state index is 11.4. The molecule has 4 heteroatoms. The van der Waals surface area contributed by atoms with Crippen LogP contribution in [0.1, 0.15) is 42.5 Å². The van der Waals surface area contributed by atoms with Gasteiger partial charge < -0.3 is 9.84 Å². The SMILES string of the molecule is CCOc1cc(C)c(C(NC2CC2)C(=O)O)cc1C. The van der Waals surface area contributed by atoms with E-state index in [2.05, 4.69) is 5.32 Å². The quantitative estimate of drug-likeness (QED) is 0.828. The van der Waals surface area contributed by atoms with Crippen LogP contribution >= 0.6 is 0 Å². The third-order valence-corrected chi connectivity index (χ3v) is 3.40. The molecule has 2 N–H and O–H groups in total. The molecule has 4 nitrogen and oxygen atoms in total. The summed E-state index contributed by atoms with van der Waals surface area (Å²) in [5.74, 6) is 0.0119. The van der Waals surface area contributed by atoms with Crippen molar-refractivity contribution in [2.45, 2.75) is 45.7 Å². The molecule has 0 bridgehead atoms. The lowest BCUT2D eigenvalue weighted by molar-refractivity contribution is -0.139. The van der Waals surface area contributed by atoms with Crippen molar-refractivity contribution in [3.05, 3.63) is 28.8 Å². The van der Waals surface area contributed by atoms with Gasteiger partial charge >= 0.3 is 5.97 Å². The first kappa shape index (κ1) is 13.9. The Kier molecular flexibility index (Phi) is 4.10. The Labute approximate surface area is 113 Å². The van der Waals surface area contributed by atoms with Crippen molar-refractivity contribution in [1.82, 2.24) is 5.32 Å². The van der Waals surface area contributed by atoms with E-state index in [0.29, 0.717) is 12.6 Å². The number of rotatable bonds is 6. The first-order valence-electron chi connectivity index (χ1n) is 6.75. The van der Waals surface area contributed by atoms with Crippen LogP contribution in [0.2, 0.25) is 0 Å². The van der Waals surface area contributed by atoms with Gasteiger partial charge in [-0.25, -0.2) is 0 Å². The molecule has 0 heterocycles. The highest BCUT2D eigenvalue weighted by atomic mass is 16.5. The number of carboxylic acids is 1. The van der Waals surface area contributed by atoms with E-state index >= 15 is 0 Å². The summed E-state index contributed by atoms with van der Waals surface area (Å²) in [7, 11) is 0. The van der Waals surface area contributed by atoms with E-state index in [1.54, 1.807) is 0 Å². The first-order chi connectivity index (χ1) is 9.02. The molecule has 1 aromatic rings. The van der Waals surface area contributed by atoms with Crippen molar-refractivity contribution in [3.63, 3.8) is 0 Å². The molecule has 1 saturated carbocycles. The number of hydrogen-bond donors (Lipinski definition) is 2. The van der Waals surface area contributed by atoms with E-state index in [4.69, 9.17) is 4.74 Å². The number of ether oxygens (including phenoxy) is 1. The molecule has 0 spiro atoms. The van der Waals surface area contributed by atoms with E-state index in [-0.39, 0.29) is 0 Å². The number of nitrogens with one attached hydrogen (secondary N) is 1. The number of carboxylic acid groups (broad SMARTS) is 1. The van der Waals surface area contributed by atoms with Crippen LogP contribution in [0.5, 0.6) is 5.75 Å². The summed E-state index contributed by atoms with van der Waals surface area (Å²) in [6.07, 6.45) is 2.14. The van der Waals surface area contributed by atoms with Crippen LogP contribution in [0.15, 0.2) is 12.1 Å². The van der Waals surface area contributed by atoms with Gasteiger partial charge in [-0.3, -0.25) is 10.1 Å². The minimum Gasteiger partial charge on any atom is -0.494 e. The van der Waals surface area contributed by atoms with E-state index < -0.39 is 12.0 Å². The molecular weight excluding hydrogens is 242 g/mol. The second-order valence-electron chi connectivity index (χ2n) is 5.12. The third-order valence-electron chi connectivity index (χ3n) is 3.40. The molecule has 0 radical (unpaired) electrons. The minimum absolute atomic E-state index is 0.354. The molecule has 1 atom stereocenters. The van der Waals surface area contributed by atoms with Crippen molar-refractivity contribution in [3.8, 4) is 5.75 Å².